The molecule has 2 aliphatic heterocycles. The molecule has 0 saturated carbocycles. The molecule has 5 aromatic rings. The zero-order valence-corrected chi connectivity index (χ0v) is 43.0. The van der Waals surface area contributed by atoms with Gasteiger partial charge in [-0.2, -0.15) is 20.7 Å². The number of nitrogens with two attached hydrogens (primary N) is 1. The third-order valence-electron chi connectivity index (χ3n) is 13.1. The molecule has 2 fully saturated rings. The Morgan fingerprint density at radius 3 is 2.18 bits per heavy atom. The van der Waals surface area contributed by atoms with Gasteiger partial charge < -0.3 is 29.2 Å². The van der Waals surface area contributed by atoms with Crippen LogP contribution in [0.2, 0.25) is 5.02 Å². The Labute approximate surface area is 422 Å². The Balaban J connectivity index is 1.01. The second-order valence-electron chi connectivity index (χ2n) is 19.0. The van der Waals surface area contributed by atoms with Gasteiger partial charge in [0.15, 0.2) is 11.6 Å². The number of benzene rings is 2. The Hall–Kier alpha value is -4.94. The number of unbranched alkanes of at least 4 members (excludes halogenated alkanes) is 16. The zero-order valence-electron chi connectivity index (χ0n) is 41.3. The normalized spacial score (nSPS) is 20.6. The molecule has 2 aromatic carbocycles. The smallest absolute Gasteiger partial charge is 0.402 e. The number of phosphoric acid groups is 1. The molecule has 6 atom stereocenters. The number of hydrogen-bond donors (Lipinski definition) is 1. The number of nitriles is 2. The molecular formula is C52H69ClN9O8P. The number of nitrogen functional groups attached to an aromatic ring is 1. The third-order valence-corrected chi connectivity index (χ3v) is 14.7. The fraction of sp³-hybridized carbons (Fsp3) is 0.577. The van der Waals surface area contributed by atoms with Gasteiger partial charge in [0.25, 0.3) is 0 Å². The third kappa shape index (κ3) is 14.6. The summed E-state index contributed by atoms with van der Waals surface area (Å²) in [5.41, 5.74) is 7.09. The maximum atomic E-state index is 15.0. The van der Waals surface area contributed by atoms with Crippen molar-refractivity contribution in [2.75, 3.05) is 18.9 Å². The van der Waals surface area contributed by atoms with Gasteiger partial charge in [0.1, 0.15) is 67.3 Å². The van der Waals surface area contributed by atoms with Crippen LogP contribution >= 0.6 is 19.4 Å². The summed E-state index contributed by atoms with van der Waals surface area (Å²) in [6.07, 6.45) is 22.9. The van der Waals surface area contributed by atoms with Crippen molar-refractivity contribution in [3.63, 3.8) is 0 Å². The molecule has 5 heterocycles. The molecule has 2 N–H and O–H groups in total. The summed E-state index contributed by atoms with van der Waals surface area (Å²) < 4.78 is 62.3. The van der Waals surface area contributed by atoms with Crippen LogP contribution in [0.4, 0.5) is 5.82 Å². The summed E-state index contributed by atoms with van der Waals surface area (Å²) in [5, 5.41) is 29.7. The van der Waals surface area contributed by atoms with Crippen molar-refractivity contribution < 1.29 is 37.1 Å². The highest BCUT2D eigenvalue weighted by Crippen LogP contribution is 2.55. The number of rotatable bonds is 31. The Morgan fingerprint density at radius 1 is 0.845 bits per heavy atom. The lowest BCUT2D eigenvalue weighted by molar-refractivity contribution is -0.204. The number of halogens is 1. The molecule has 0 radical (unpaired) electrons. The van der Waals surface area contributed by atoms with Crippen molar-refractivity contribution in [2.24, 2.45) is 0 Å². The van der Waals surface area contributed by atoms with Gasteiger partial charge in [-0.1, -0.05) is 146 Å². The number of hydrogen-bond acceptors (Lipinski definition) is 15. The van der Waals surface area contributed by atoms with E-state index in [0.717, 1.165) is 31.2 Å². The second-order valence-corrected chi connectivity index (χ2v) is 21.0. The van der Waals surface area contributed by atoms with E-state index < -0.39 is 50.2 Å². The Morgan fingerprint density at radius 2 is 1.54 bits per heavy atom. The van der Waals surface area contributed by atoms with Crippen LogP contribution in [-0.4, -0.2) is 72.3 Å². The molecule has 19 heteroatoms. The number of phosphoric ester groups is 1. The van der Waals surface area contributed by atoms with Crippen LogP contribution in [0.3, 0.4) is 0 Å². The van der Waals surface area contributed by atoms with Gasteiger partial charge in [-0.25, -0.2) is 23.7 Å². The highest BCUT2D eigenvalue weighted by Gasteiger charge is 2.65. The standard InChI is InChI=1S/C52H69ClN9O8P/c1-4-5-6-7-8-9-10-11-12-13-14-15-16-17-18-19-20-23-41(64-32-39-26-27-43(40(30-39)31-54)61-38-57-36-59-61)33-65-71(63,70-46-25-22-21-24-42(46)53)66-35-52(34-55)49-48(67-51(2,3)69-49)47(68-52)44-28-29-45-50(56)58-37-60-62(44)45/h21-22,24-30,36-38,41,47-49H,4-20,23,32-33,35H2,1-3H3,(H2,56,58,60)/t41-,47+,48+,49+,52-,71?/m1/s1. The van der Waals surface area contributed by atoms with Gasteiger partial charge in [-0.15, -0.1) is 0 Å². The summed E-state index contributed by atoms with van der Waals surface area (Å²) in [6.45, 7) is 5.06. The molecule has 71 heavy (non-hydrogen) atoms. The SMILES string of the molecule is CCCCCCCCCCCCCCCCCCC[C@H](COP(=O)(OC[C@@]1(C#N)O[C@@H](c2ccc3c(N)ncnn23)[C@@H]2OC(C)(C)O[C@@H]21)Oc1ccccc1Cl)OCc1ccc(-n2cncn2)c(C#N)c1. The summed E-state index contributed by atoms with van der Waals surface area (Å²) in [7, 11) is -4.64. The number of aromatic nitrogens is 6. The predicted molar refractivity (Wildman–Crippen MR) is 268 cm³/mol. The first-order valence-corrected chi connectivity index (χ1v) is 27.2. The molecule has 382 valence electrons. The lowest BCUT2D eigenvalue weighted by Crippen LogP contribution is -2.46. The molecule has 7 rings (SSSR count). The minimum Gasteiger partial charge on any atom is -0.402 e. The molecular weight excluding hydrogens is 945 g/mol. The number of fused-ring (bicyclic) bond motifs is 2. The van der Waals surface area contributed by atoms with E-state index in [4.69, 9.17) is 49.9 Å². The number of nitrogens with zero attached hydrogens (tertiary/aromatic N) is 8. The lowest BCUT2D eigenvalue weighted by atomic mass is 9.96. The van der Waals surface area contributed by atoms with Crippen molar-refractivity contribution in [1.29, 1.82) is 10.5 Å². The van der Waals surface area contributed by atoms with E-state index in [-0.39, 0.29) is 29.8 Å². The quantitative estimate of drug-likeness (QED) is 0.0323. The molecule has 2 aliphatic rings. The van der Waals surface area contributed by atoms with Crippen molar-refractivity contribution >= 4 is 30.8 Å². The van der Waals surface area contributed by atoms with Gasteiger partial charge in [0.2, 0.25) is 5.60 Å². The first-order valence-electron chi connectivity index (χ1n) is 25.3. The number of anilines is 1. The van der Waals surface area contributed by atoms with E-state index in [2.05, 4.69) is 39.2 Å². The van der Waals surface area contributed by atoms with Crippen LogP contribution in [0.15, 0.2) is 73.6 Å². The molecule has 0 spiro atoms. The van der Waals surface area contributed by atoms with Gasteiger partial charge in [-0.05, 0) is 62.2 Å². The zero-order chi connectivity index (χ0) is 50.1. The maximum absolute atomic E-state index is 15.0. The number of ether oxygens (including phenoxy) is 4. The van der Waals surface area contributed by atoms with E-state index in [1.807, 2.05) is 6.07 Å². The molecule has 17 nitrogen and oxygen atoms in total. The Bertz CT molecular complexity index is 2590. The van der Waals surface area contributed by atoms with Gasteiger partial charge >= 0.3 is 7.82 Å². The minimum atomic E-state index is -4.64. The van der Waals surface area contributed by atoms with E-state index in [0.29, 0.717) is 28.9 Å². The number of para-hydroxylation sites is 1. The summed E-state index contributed by atoms with van der Waals surface area (Å²) >= 11 is 6.54. The van der Waals surface area contributed by atoms with Crippen LogP contribution in [0.1, 0.15) is 159 Å². The largest absolute Gasteiger partial charge is 0.530 e. The molecule has 2 saturated heterocycles. The van der Waals surface area contributed by atoms with E-state index >= 15 is 4.57 Å². The molecule has 3 aromatic heterocycles. The first-order chi connectivity index (χ1) is 34.5. The fourth-order valence-corrected chi connectivity index (χ4v) is 10.8. The fourth-order valence-electron chi connectivity index (χ4n) is 9.29. The van der Waals surface area contributed by atoms with Crippen molar-refractivity contribution in [3.8, 4) is 23.6 Å². The van der Waals surface area contributed by atoms with Crippen LogP contribution in [0.25, 0.3) is 11.2 Å². The summed E-state index contributed by atoms with van der Waals surface area (Å²) in [4.78, 5) is 8.10. The highest BCUT2D eigenvalue weighted by atomic mass is 35.5. The topological polar surface area (TPSA) is 216 Å². The van der Waals surface area contributed by atoms with Gasteiger partial charge in [0.05, 0.1) is 41.3 Å². The van der Waals surface area contributed by atoms with Crippen molar-refractivity contribution in [1.82, 2.24) is 29.4 Å². The second kappa shape index (κ2) is 26.1. The van der Waals surface area contributed by atoms with E-state index in [9.17, 15) is 10.5 Å². The average molecular weight is 1010 g/mol. The van der Waals surface area contributed by atoms with Gasteiger partial charge in [-0.3, -0.25) is 9.05 Å². The molecule has 0 bridgehead atoms. The molecule has 1 unspecified atom stereocenters. The lowest BCUT2D eigenvalue weighted by Gasteiger charge is -2.30. The monoisotopic (exact) mass is 1010 g/mol. The van der Waals surface area contributed by atoms with Crippen LogP contribution in [0.5, 0.6) is 5.75 Å². The van der Waals surface area contributed by atoms with Crippen molar-refractivity contribution in [3.05, 3.63) is 95.4 Å². The molecule has 0 amide bonds. The van der Waals surface area contributed by atoms with Crippen molar-refractivity contribution in [2.45, 2.75) is 179 Å². The summed E-state index contributed by atoms with van der Waals surface area (Å²) in [6, 6.07) is 19.9. The Kier molecular flexibility index (Phi) is 19.8. The predicted octanol–water partition coefficient (Wildman–Crippen LogP) is 12.1. The van der Waals surface area contributed by atoms with Crippen LogP contribution in [0, 0.1) is 22.7 Å². The maximum Gasteiger partial charge on any atom is 0.530 e. The van der Waals surface area contributed by atoms with Crippen LogP contribution < -0.4 is 10.3 Å². The van der Waals surface area contributed by atoms with Gasteiger partial charge in [0, 0.05) is 0 Å². The summed E-state index contributed by atoms with van der Waals surface area (Å²) in [5.74, 6) is -0.807. The van der Waals surface area contributed by atoms with E-state index in [1.54, 1.807) is 66.9 Å². The van der Waals surface area contributed by atoms with E-state index in [1.165, 1.54) is 107 Å². The highest BCUT2D eigenvalue weighted by molar-refractivity contribution is 7.49. The minimum absolute atomic E-state index is 0.0484. The van der Waals surface area contributed by atoms with Crippen LogP contribution in [-0.2, 0) is 39.2 Å². The first kappa shape index (κ1) is 53.8. The molecule has 0 aliphatic carbocycles. The average Bonchev–Trinajstić information content (AvgIpc) is 4.18.